The molecule has 5 nitrogen and oxygen atoms in total. The largest absolute Gasteiger partial charge is 0.494 e. The number of anilines is 1. The average Bonchev–Trinajstić information content (AvgIpc) is 2.78. The Bertz CT molecular complexity index is 1150. The molecule has 3 rings (SSSR count). The maximum absolute atomic E-state index is 12.5. The van der Waals surface area contributed by atoms with Gasteiger partial charge in [-0.15, -0.1) is 0 Å². The van der Waals surface area contributed by atoms with E-state index >= 15 is 0 Å². The van der Waals surface area contributed by atoms with E-state index in [1.165, 1.54) is 6.08 Å². The first-order valence-electron chi connectivity index (χ1n) is 10.5. The number of allylic oxidation sites excluding steroid dienone is 3. The lowest BCUT2D eigenvalue weighted by molar-refractivity contribution is 0.104. The second kappa shape index (κ2) is 10.4. The third-order valence-electron chi connectivity index (χ3n) is 4.95. The molecular formula is C26H27NO4. The minimum absolute atomic E-state index is 0.0220. The minimum atomic E-state index is -0.630. The standard InChI is InChI=1S/C26H27NO4/c1-4-27(5-2)21-14-13-20-17-23(26(29)31-25(20)18-21)24(28)10-8-7-9-19-11-15-22(16-12-19)30-6-3/h7-18H,4-6H2,1-3H3/b9-7+,10-8+. The summed E-state index contributed by atoms with van der Waals surface area (Å²) in [6.07, 6.45) is 6.61. The van der Waals surface area contributed by atoms with E-state index in [9.17, 15) is 9.59 Å². The van der Waals surface area contributed by atoms with Crippen LogP contribution < -0.4 is 15.3 Å². The van der Waals surface area contributed by atoms with Gasteiger partial charge >= 0.3 is 5.63 Å². The van der Waals surface area contributed by atoms with E-state index in [4.69, 9.17) is 9.15 Å². The van der Waals surface area contributed by atoms with Crippen LogP contribution in [0.1, 0.15) is 36.7 Å². The van der Waals surface area contributed by atoms with Crippen molar-refractivity contribution in [3.8, 4) is 5.75 Å². The van der Waals surface area contributed by atoms with Crippen LogP contribution in [0.4, 0.5) is 5.69 Å². The Morgan fingerprint density at radius 1 is 1.00 bits per heavy atom. The number of ketones is 1. The van der Waals surface area contributed by atoms with Crippen molar-refractivity contribution in [1.29, 1.82) is 0 Å². The lowest BCUT2D eigenvalue weighted by atomic mass is 10.1. The Labute approximate surface area is 182 Å². The van der Waals surface area contributed by atoms with Crippen molar-refractivity contribution in [1.82, 2.24) is 0 Å². The van der Waals surface area contributed by atoms with Gasteiger partial charge in [0.1, 0.15) is 16.9 Å². The molecule has 1 heterocycles. The van der Waals surface area contributed by atoms with Gasteiger partial charge in [-0.3, -0.25) is 4.79 Å². The number of rotatable bonds is 9. The summed E-state index contributed by atoms with van der Waals surface area (Å²) in [4.78, 5) is 27.0. The van der Waals surface area contributed by atoms with Gasteiger partial charge in [-0.25, -0.2) is 4.79 Å². The smallest absolute Gasteiger partial charge is 0.347 e. The van der Waals surface area contributed by atoms with Crippen LogP contribution in [-0.2, 0) is 0 Å². The van der Waals surface area contributed by atoms with E-state index in [0.717, 1.165) is 35.5 Å². The number of hydrogen-bond acceptors (Lipinski definition) is 5. The summed E-state index contributed by atoms with van der Waals surface area (Å²) >= 11 is 0. The van der Waals surface area contributed by atoms with Crippen LogP contribution in [0.25, 0.3) is 17.0 Å². The molecule has 0 unspecified atom stereocenters. The van der Waals surface area contributed by atoms with Gasteiger partial charge in [0.2, 0.25) is 0 Å². The van der Waals surface area contributed by atoms with Crippen molar-refractivity contribution in [3.63, 3.8) is 0 Å². The highest BCUT2D eigenvalue weighted by atomic mass is 16.5. The zero-order valence-electron chi connectivity index (χ0n) is 18.1. The van der Waals surface area contributed by atoms with Crippen LogP contribution in [0, 0.1) is 0 Å². The summed E-state index contributed by atoms with van der Waals surface area (Å²) in [5.74, 6) is 0.428. The summed E-state index contributed by atoms with van der Waals surface area (Å²) in [5.41, 5.74) is 1.84. The van der Waals surface area contributed by atoms with Gasteiger partial charge in [-0.1, -0.05) is 30.4 Å². The highest BCUT2D eigenvalue weighted by Crippen LogP contribution is 2.22. The molecule has 5 heteroatoms. The van der Waals surface area contributed by atoms with Crippen LogP contribution in [-0.4, -0.2) is 25.5 Å². The summed E-state index contributed by atoms with van der Waals surface area (Å²) in [5, 5.41) is 0.720. The molecule has 0 aliphatic heterocycles. The second-order valence-corrected chi connectivity index (χ2v) is 6.93. The lowest BCUT2D eigenvalue weighted by Crippen LogP contribution is -2.21. The van der Waals surface area contributed by atoms with E-state index in [0.29, 0.717) is 12.2 Å². The Balaban J connectivity index is 1.74. The quantitative estimate of drug-likeness (QED) is 0.199. The Morgan fingerprint density at radius 2 is 1.74 bits per heavy atom. The summed E-state index contributed by atoms with van der Waals surface area (Å²) < 4.78 is 10.8. The van der Waals surface area contributed by atoms with E-state index in [2.05, 4.69) is 18.7 Å². The van der Waals surface area contributed by atoms with Crippen LogP contribution in [0.5, 0.6) is 5.75 Å². The fourth-order valence-electron chi connectivity index (χ4n) is 3.30. The predicted octanol–water partition coefficient (Wildman–Crippen LogP) is 5.49. The number of nitrogens with zero attached hydrogens (tertiary/aromatic N) is 1. The fourth-order valence-corrected chi connectivity index (χ4v) is 3.30. The number of carbonyl (C=O) groups excluding carboxylic acids is 1. The van der Waals surface area contributed by atoms with Gasteiger partial charge in [-0.05, 0) is 62.7 Å². The van der Waals surface area contributed by atoms with E-state index < -0.39 is 5.63 Å². The molecule has 0 aliphatic rings. The molecular weight excluding hydrogens is 390 g/mol. The topological polar surface area (TPSA) is 59.8 Å². The number of benzene rings is 2. The maximum atomic E-state index is 12.5. The molecule has 0 fully saturated rings. The van der Waals surface area contributed by atoms with Crippen molar-refractivity contribution in [3.05, 3.63) is 88.3 Å². The molecule has 0 bridgehead atoms. The number of carbonyl (C=O) groups is 1. The van der Waals surface area contributed by atoms with Crippen molar-refractivity contribution < 1.29 is 13.9 Å². The molecule has 0 saturated carbocycles. The zero-order chi connectivity index (χ0) is 22.2. The third kappa shape index (κ3) is 5.51. The molecule has 0 amide bonds. The predicted molar refractivity (Wildman–Crippen MR) is 126 cm³/mol. The third-order valence-corrected chi connectivity index (χ3v) is 4.95. The SMILES string of the molecule is CCOc1ccc(/C=C/C=C/C(=O)c2cc3ccc(N(CC)CC)cc3oc2=O)cc1. The van der Waals surface area contributed by atoms with Crippen molar-refractivity contribution >= 4 is 28.5 Å². The molecule has 0 spiro atoms. The van der Waals surface area contributed by atoms with Crippen LogP contribution >= 0.6 is 0 Å². The van der Waals surface area contributed by atoms with Gasteiger partial charge in [-0.2, -0.15) is 0 Å². The van der Waals surface area contributed by atoms with Gasteiger partial charge in [0, 0.05) is 30.2 Å². The van der Waals surface area contributed by atoms with Gasteiger partial charge in [0.15, 0.2) is 5.78 Å². The van der Waals surface area contributed by atoms with Crippen LogP contribution in [0.2, 0.25) is 0 Å². The highest BCUT2D eigenvalue weighted by molar-refractivity contribution is 6.06. The molecule has 0 aliphatic carbocycles. The second-order valence-electron chi connectivity index (χ2n) is 6.93. The van der Waals surface area contributed by atoms with Gasteiger partial charge in [0.25, 0.3) is 0 Å². The first-order valence-corrected chi connectivity index (χ1v) is 10.5. The molecule has 0 atom stereocenters. The van der Waals surface area contributed by atoms with Gasteiger partial charge in [0.05, 0.1) is 6.61 Å². The first-order chi connectivity index (χ1) is 15.0. The molecule has 160 valence electrons. The summed E-state index contributed by atoms with van der Waals surface area (Å²) in [7, 11) is 0. The number of ether oxygens (including phenoxy) is 1. The van der Waals surface area contributed by atoms with Gasteiger partial charge < -0.3 is 14.1 Å². The minimum Gasteiger partial charge on any atom is -0.494 e. The monoisotopic (exact) mass is 417 g/mol. The van der Waals surface area contributed by atoms with E-state index in [-0.39, 0.29) is 11.3 Å². The van der Waals surface area contributed by atoms with Crippen molar-refractivity contribution in [2.75, 3.05) is 24.6 Å². The summed E-state index contributed by atoms with van der Waals surface area (Å²) in [6, 6.07) is 14.9. The Kier molecular flexibility index (Phi) is 7.44. The Hall–Kier alpha value is -3.60. The molecule has 2 aromatic carbocycles. The molecule has 31 heavy (non-hydrogen) atoms. The average molecular weight is 418 g/mol. The molecule has 0 N–H and O–H groups in total. The Morgan fingerprint density at radius 3 is 2.42 bits per heavy atom. The maximum Gasteiger partial charge on any atom is 0.347 e. The number of fused-ring (bicyclic) bond motifs is 1. The van der Waals surface area contributed by atoms with E-state index in [1.54, 1.807) is 18.2 Å². The lowest BCUT2D eigenvalue weighted by Gasteiger charge is -2.20. The van der Waals surface area contributed by atoms with E-state index in [1.807, 2.05) is 55.5 Å². The van der Waals surface area contributed by atoms with Crippen molar-refractivity contribution in [2.45, 2.75) is 20.8 Å². The molecule has 0 saturated heterocycles. The normalized spacial score (nSPS) is 11.5. The molecule has 3 aromatic rings. The number of hydrogen-bond donors (Lipinski definition) is 0. The first kappa shape index (κ1) is 22.1. The zero-order valence-corrected chi connectivity index (χ0v) is 18.1. The van der Waals surface area contributed by atoms with Crippen molar-refractivity contribution in [2.24, 2.45) is 0 Å². The summed E-state index contributed by atoms with van der Waals surface area (Å²) in [6.45, 7) is 8.43. The van der Waals surface area contributed by atoms with Crippen LogP contribution in [0.15, 0.2) is 76.0 Å². The molecule has 1 aromatic heterocycles. The fraction of sp³-hybridized carbons (Fsp3) is 0.231. The highest BCUT2D eigenvalue weighted by Gasteiger charge is 2.12. The van der Waals surface area contributed by atoms with Crippen LogP contribution in [0.3, 0.4) is 0 Å². The molecule has 0 radical (unpaired) electrons.